The normalized spacial score (nSPS) is 8.29. The molecule has 0 radical (unpaired) electrons. The van der Waals surface area contributed by atoms with Crippen molar-refractivity contribution in [3.8, 4) is 0 Å². The summed E-state index contributed by atoms with van der Waals surface area (Å²) in [5.41, 5.74) is 0. The Bertz CT molecular complexity index is 97.7. The van der Waals surface area contributed by atoms with Crippen LogP contribution >= 0.6 is 13.5 Å². The van der Waals surface area contributed by atoms with Gasteiger partial charge in [-0.05, 0) is 0 Å². The monoisotopic (exact) mass is 172 g/mol. The second-order valence-electron chi connectivity index (χ2n) is 0.448. The zero-order chi connectivity index (χ0) is 4.50. The zero-order valence-electron chi connectivity index (χ0n) is 4.62. The second-order valence-corrected chi connectivity index (χ2v) is 2.65. The van der Waals surface area contributed by atoms with Crippen molar-refractivity contribution in [1.29, 1.82) is 0 Å². The molecule has 0 unspecified atom stereocenters. The molecule has 0 atom stereocenters. The fourth-order valence-electron chi connectivity index (χ4n) is 0. The van der Waals surface area contributed by atoms with Crippen molar-refractivity contribution >= 4 is 33.7 Å². The van der Waals surface area contributed by atoms with Gasteiger partial charge in [0, 0.05) is 11.2 Å². The molecule has 0 saturated heterocycles. The summed E-state index contributed by atoms with van der Waals surface area (Å²) in [6.07, 6.45) is 0. The molecule has 0 spiro atoms. The quantitative estimate of drug-likeness (QED) is 0.380. The predicted molar refractivity (Wildman–Crippen MR) is 32.3 cm³/mol. The van der Waals surface area contributed by atoms with Crippen LogP contribution in [0.15, 0.2) is 0 Å². The number of rotatable bonds is 0. The minimum atomic E-state index is -3.83. The summed E-state index contributed by atoms with van der Waals surface area (Å²) in [4.78, 5) is 0. The average Bonchev–Trinajstić information content (AvgIpc) is 0.722. The molecule has 0 aromatic carbocycles. The summed E-state index contributed by atoms with van der Waals surface area (Å²) < 4.78 is 24.0. The summed E-state index contributed by atoms with van der Waals surface area (Å²) in [5.74, 6) is 0. The minimum Gasteiger partial charge on any atom is -1.00 e. The van der Waals surface area contributed by atoms with E-state index >= 15 is 0 Å². The molecule has 42 valence electrons. The van der Waals surface area contributed by atoms with E-state index < -0.39 is 9.05 Å². The van der Waals surface area contributed by atoms with Crippen LogP contribution in [-0.2, 0) is 20.2 Å². The van der Waals surface area contributed by atoms with Crippen molar-refractivity contribution in [2.75, 3.05) is 0 Å². The summed E-state index contributed by atoms with van der Waals surface area (Å²) >= 11 is 3.47. The van der Waals surface area contributed by atoms with E-state index in [2.05, 4.69) is 11.2 Å². The van der Waals surface area contributed by atoms with Gasteiger partial charge < -0.3 is 1.43 Å². The Balaban J connectivity index is -0.0000000267. The van der Waals surface area contributed by atoms with Crippen molar-refractivity contribution < 1.29 is 44.3 Å². The van der Waals surface area contributed by atoms with Gasteiger partial charge >= 0.3 is 29.6 Å². The van der Waals surface area contributed by atoms with Crippen molar-refractivity contribution in [2.45, 2.75) is 0 Å². The molecular formula is H5NaO3S3. The van der Waals surface area contributed by atoms with E-state index in [9.17, 15) is 0 Å². The second kappa shape index (κ2) is 5.77. The van der Waals surface area contributed by atoms with Crippen molar-refractivity contribution in [2.24, 2.45) is 0 Å². The van der Waals surface area contributed by atoms with Crippen LogP contribution in [-0.4, -0.2) is 13.3 Å². The largest absolute Gasteiger partial charge is 1.00 e. The van der Waals surface area contributed by atoms with Crippen LogP contribution < -0.4 is 29.6 Å². The van der Waals surface area contributed by atoms with E-state index in [-0.39, 0.29) is 44.5 Å². The average molecular weight is 172 g/mol. The van der Waals surface area contributed by atoms with Gasteiger partial charge in [-0.25, -0.2) is 0 Å². The molecule has 0 heterocycles. The smallest absolute Gasteiger partial charge is 1.00 e. The molecule has 0 aromatic rings. The Morgan fingerprint density at radius 3 is 1.57 bits per heavy atom. The first-order valence-corrected chi connectivity index (χ1v) is 3.10. The molecule has 7 heteroatoms. The summed E-state index contributed by atoms with van der Waals surface area (Å²) in [6.45, 7) is 0. The van der Waals surface area contributed by atoms with E-state index in [1.165, 1.54) is 0 Å². The first-order valence-electron chi connectivity index (χ1n) is 0.698. The van der Waals surface area contributed by atoms with Gasteiger partial charge in [0.15, 0.2) is 0 Å². The molecule has 0 amide bonds. The van der Waals surface area contributed by atoms with E-state index in [0.717, 1.165) is 0 Å². The van der Waals surface area contributed by atoms with Crippen molar-refractivity contribution in [3.05, 3.63) is 0 Å². The van der Waals surface area contributed by atoms with Gasteiger partial charge in [0.2, 0.25) is 0 Å². The molecule has 7 heavy (non-hydrogen) atoms. The van der Waals surface area contributed by atoms with Gasteiger partial charge in [-0.15, -0.1) is 0 Å². The van der Waals surface area contributed by atoms with E-state index in [4.69, 9.17) is 13.3 Å². The van der Waals surface area contributed by atoms with Crippen LogP contribution in [0.1, 0.15) is 1.43 Å². The number of hydrogen-bond acceptors (Lipinski definition) is 2. The topological polar surface area (TPSA) is 57.5 Å². The van der Waals surface area contributed by atoms with Crippen LogP contribution in [0.3, 0.4) is 0 Å². The third-order valence-corrected chi connectivity index (χ3v) is 0. The molecule has 3 nitrogen and oxygen atoms in total. The van der Waals surface area contributed by atoms with Gasteiger partial charge in [-0.1, -0.05) is 0 Å². The van der Waals surface area contributed by atoms with Crippen LogP contribution in [0.25, 0.3) is 0 Å². The molecule has 0 aliphatic carbocycles. The minimum absolute atomic E-state index is 0. The van der Waals surface area contributed by atoms with E-state index in [0.29, 0.717) is 0 Å². The van der Waals surface area contributed by atoms with Gasteiger partial charge in [0.25, 0.3) is 9.05 Å². The predicted octanol–water partition coefficient (Wildman–Crippen LogP) is -3.09. The maximum Gasteiger partial charge on any atom is 1.00 e. The van der Waals surface area contributed by atoms with Crippen LogP contribution in [0.4, 0.5) is 0 Å². The fraction of sp³-hybridized carbons (Fsp3) is 0. The van der Waals surface area contributed by atoms with Gasteiger partial charge in [-0.2, -0.15) is 17.7 Å². The maximum absolute atomic E-state index is 9.11. The maximum atomic E-state index is 9.11. The van der Waals surface area contributed by atoms with Crippen LogP contribution in [0.5, 0.6) is 0 Å². The number of hydrogen-bond donors (Lipinski definition) is 2. The van der Waals surface area contributed by atoms with Crippen molar-refractivity contribution in [1.82, 2.24) is 0 Å². The Morgan fingerprint density at radius 1 is 1.57 bits per heavy atom. The van der Waals surface area contributed by atoms with Crippen LogP contribution in [0, 0.1) is 0 Å². The first-order chi connectivity index (χ1) is 2.00. The molecule has 0 saturated carbocycles. The van der Waals surface area contributed by atoms with Gasteiger partial charge in [-0.3, -0.25) is 9.11 Å². The molecule has 0 bridgehead atoms. The van der Waals surface area contributed by atoms with Crippen molar-refractivity contribution in [3.63, 3.8) is 0 Å². The zero-order valence-corrected chi connectivity index (χ0v) is 8.25. The summed E-state index contributed by atoms with van der Waals surface area (Å²) in [5, 5.41) is 0. The first kappa shape index (κ1) is 15.9. The fourth-order valence-corrected chi connectivity index (χ4v) is 0. The van der Waals surface area contributed by atoms with Gasteiger partial charge in [0.05, 0.1) is 0 Å². The summed E-state index contributed by atoms with van der Waals surface area (Å²) in [7, 11) is -3.83. The molecule has 0 rings (SSSR count). The van der Waals surface area contributed by atoms with E-state index in [1.54, 1.807) is 0 Å². The van der Waals surface area contributed by atoms with E-state index in [1.807, 2.05) is 0 Å². The third-order valence-electron chi connectivity index (χ3n) is 0. The third kappa shape index (κ3) is 90.4. The van der Waals surface area contributed by atoms with Crippen LogP contribution in [0.2, 0.25) is 0 Å². The summed E-state index contributed by atoms with van der Waals surface area (Å²) in [6, 6.07) is 0. The molecule has 0 aromatic heterocycles. The Kier molecular flexibility index (Phi) is 13.1. The standard InChI is InChI=1S/Na.H2O3S2.H2S.H/c;1-5(2,3)4;;/h;(H2,1,2,3,4);1H2;/q+1;;;-1. The molecule has 0 aliphatic rings. The molecular weight excluding hydrogens is 167 g/mol. The molecule has 2 N–H and O–H groups in total. The van der Waals surface area contributed by atoms with Gasteiger partial charge in [0.1, 0.15) is 0 Å². The Morgan fingerprint density at radius 2 is 1.57 bits per heavy atom. The Hall–Kier alpha value is 1.64. The SMILES string of the molecule is O=S(O)(O)=S.S.[H-].[Na+]. The molecule has 0 aliphatic heterocycles. The Labute approximate surface area is 77.4 Å². The molecule has 0 fully saturated rings.